The molecule has 558 valence electrons. The summed E-state index contributed by atoms with van der Waals surface area (Å²) in [7, 11) is 5.91. The third-order valence-corrected chi connectivity index (χ3v) is 16.3. The Balaban J connectivity index is 4.12. The lowest BCUT2D eigenvalue weighted by Gasteiger charge is -2.26. The number of carbonyl (C=O) groups excluding carboxylic acids is 3. The highest BCUT2D eigenvalue weighted by Crippen LogP contribution is 2.17. The summed E-state index contributed by atoms with van der Waals surface area (Å²) in [6.07, 6.45) is 117. The zero-order valence-corrected chi connectivity index (χ0v) is 63.8. The summed E-state index contributed by atoms with van der Waals surface area (Å²) in [4.78, 5) is 37.6. The Morgan fingerprint density at radius 3 is 0.828 bits per heavy atom. The number of carbonyl (C=O) groups is 3. The van der Waals surface area contributed by atoms with Gasteiger partial charge in [0, 0.05) is 12.8 Å². The molecule has 2 unspecified atom stereocenters. The number of carboxylic acid groups (broad SMARTS) is 1. The number of rotatable bonds is 71. The SMILES string of the molecule is CC/C=C\C/C=C\C/C=C\C/C=C\C/C=C\C/C=C\C/C=C\C/C=C\C/C=C\C/C=C\CCCCC(=O)OC(COC(=O)CCCCCCCCCCCCCCCCCCCCCCCC/C=C\C/C=C\C/C=C\C/C=C\C/C=C\C/C=C\CC)COC(OCC[N+](C)(C)C)C(=O)[O-]. The van der Waals surface area contributed by atoms with Crippen molar-refractivity contribution in [1.29, 1.82) is 0 Å². The van der Waals surface area contributed by atoms with Gasteiger partial charge >= 0.3 is 11.9 Å². The first-order chi connectivity index (χ1) is 48.6. The lowest BCUT2D eigenvalue weighted by Crippen LogP contribution is -2.44. The van der Waals surface area contributed by atoms with Crippen LogP contribution in [0.15, 0.2) is 194 Å². The van der Waals surface area contributed by atoms with E-state index in [0.29, 0.717) is 17.4 Å². The fraction of sp³-hybridized carbons (Fsp3) is 0.611. The highest BCUT2D eigenvalue weighted by atomic mass is 16.7. The Labute approximate surface area is 608 Å². The van der Waals surface area contributed by atoms with Crippen LogP contribution in [0, 0.1) is 0 Å². The number of quaternary nitrogens is 1. The molecule has 0 fully saturated rings. The van der Waals surface area contributed by atoms with Crippen LogP contribution in [0.3, 0.4) is 0 Å². The molecule has 9 nitrogen and oxygen atoms in total. The number of carboxylic acids is 1. The van der Waals surface area contributed by atoms with Crippen LogP contribution in [0.4, 0.5) is 0 Å². The molecule has 0 spiro atoms. The molecule has 2 atom stereocenters. The van der Waals surface area contributed by atoms with Crippen LogP contribution >= 0.6 is 0 Å². The maximum Gasteiger partial charge on any atom is 0.306 e. The van der Waals surface area contributed by atoms with Crippen LogP contribution in [0.5, 0.6) is 0 Å². The monoisotopic (exact) mass is 1370 g/mol. The van der Waals surface area contributed by atoms with Crippen molar-refractivity contribution in [1.82, 2.24) is 0 Å². The standard InChI is InChI=1S/C90H145NO8/c1-6-8-10-12-14-16-18-20-22-24-26-28-30-32-34-36-38-40-41-42-43-44-45-46-47-49-50-52-54-56-58-60-62-64-66-68-70-72-74-76-78-80-87(92)97-84-86(85-98-90(89(94)95)96-83-82-91(3,4)5)99-88(93)81-79-77-75-73-71-69-67-65-63-61-59-57-55-53-51-48-39-37-35-33-31-29-27-25-23-21-19-17-15-13-11-9-7-2/h8-11,14-17,20-23,26-29,32-35,38-40,48,53,55,59,61,65,67,71,73,86,90H,6-7,12-13,18-19,24-25,30-31,36-37,41-47,49-52,54,56-58,60,62-64,66,68-70,72,74-85H2,1-5H3/b10-8-,11-9-,16-14-,17-15-,22-20-,23-21-,28-26-,29-27-,34-32-,35-33-,40-38-,48-39-,55-53-,61-59-,67-65-,73-71-. The fourth-order valence-electron chi connectivity index (χ4n) is 10.4. The van der Waals surface area contributed by atoms with Gasteiger partial charge in [0.1, 0.15) is 13.2 Å². The lowest BCUT2D eigenvalue weighted by atomic mass is 10.0. The molecule has 0 heterocycles. The minimum absolute atomic E-state index is 0.131. The van der Waals surface area contributed by atoms with Crippen molar-refractivity contribution < 1.29 is 42.9 Å². The van der Waals surface area contributed by atoms with Gasteiger partial charge in [0.25, 0.3) is 0 Å². The first kappa shape index (κ1) is 93.1. The molecule has 0 rings (SSSR count). The van der Waals surface area contributed by atoms with Crippen molar-refractivity contribution in [3.63, 3.8) is 0 Å². The van der Waals surface area contributed by atoms with Crippen LogP contribution in [0.1, 0.15) is 296 Å². The van der Waals surface area contributed by atoms with Crippen LogP contribution in [-0.2, 0) is 33.3 Å². The van der Waals surface area contributed by atoms with E-state index in [1.54, 1.807) is 0 Å². The molecule has 99 heavy (non-hydrogen) atoms. The molecule has 0 amide bonds. The van der Waals surface area contributed by atoms with Gasteiger partial charge in [-0.15, -0.1) is 0 Å². The smallest absolute Gasteiger partial charge is 0.306 e. The highest BCUT2D eigenvalue weighted by Gasteiger charge is 2.22. The van der Waals surface area contributed by atoms with Gasteiger partial charge in [0.05, 0.1) is 40.3 Å². The first-order valence-electron chi connectivity index (χ1n) is 39.6. The predicted molar refractivity (Wildman–Crippen MR) is 425 cm³/mol. The summed E-state index contributed by atoms with van der Waals surface area (Å²) in [6, 6.07) is 0. The Kier molecular flexibility index (Phi) is 73.2. The van der Waals surface area contributed by atoms with Crippen molar-refractivity contribution in [3.05, 3.63) is 194 Å². The molecule has 0 aliphatic rings. The molecule has 9 heteroatoms. The van der Waals surface area contributed by atoms with Crippen LogP contribution < -0.4 is 5.11 Å². The van der Waals surface area contributed by atoms with Crippen molar-refractivity contribution in [2.75, 3.05) is 47.5 Å². The molecule has 0 aromatic rings. The molecular weight excluding hydrogens is 1220 g/mol. The number of hydrogen-bond acceptors (Lipinski definition) is 8. The van der Waals surface area contributed by atoms with Gasteiger partial charge in [0.15, 0.2) is 12.4 Å². The van der Waals surface area contributed by atoms with Gasteiger partial charge < -0.3 is 33.3 Å². The number of hydrogen-bond donors (Lipinski definition) is 0. The number of allylic oxidation sites excluding steroid dienone is 32. The molecule has 0 radical (unpaired) electrons. The summed E-state index contributed by atoms with van der Waals surface area (Å²) in [5.41, 5.74) is 0. The Hall–Kier alpha value is -5.87. The molecule has 0 saturated carbocycles. The second kappa shape index (κ2) is 77.9. The Morgan fingerprint density at radius 1 is 0.303 bits per heavy atom. The van der Waals surface area contributed by atoms with E-state index in [2.05, 4.69) is 208 Å². The highest BCUT2D eigenvalue weighted by molar-refractivity contribution is 5.70. The molecule has 0 aromatic heterocycles. The van der Waals surface area contributed by atoms with Gasteiger partial charge in [-0.25, -0.2) is 0 Å². The van der Waals surface area contributed by atoms with E-state index >= 15 is 0 Å². The molecule has 0 aliphatic carbocycles. The maximum atomic E-state index is 12.9. The number of likely N-dealkylation sites (N-methyl/N-ethyl adjacent to an activating group) is 1. The topological polar surface area (TPSA) is 111 Å². The predicted octanol–water partition coefficient (Wildman–Crippen LogP) is 24.4. The van der Waals surface area contributed by atoms with Crippen molar-refractivity contribution in [2.45, 2.75) is 309 Å². The molecule has 0 N–H and O–H groups in total. The average Bonchev–Trinajstić information content (AvgIpc) is 1.57. The van der Waals surface area contributed by atoms with E-state index < -0.39 is 24.3 Å². The zero-order valence-electron chi connectivity index (χ0n) is 63.8. The van der Waals surface area contributed by atoms with E-state index in [1.165, 1.54) is 128 Å². The van der Waals surface area contributed by atoms with Crippen LogP contribution in [0.25, 0.3) is 0 Å². The Morgan fingerprint density at radius 2 is 0.545 bits per heavy atom. The van der Waals surface area contributed by atoms with Gasteiger partial charge in [0.2, 0.25) is 0 Å². The van der Waals surface area contributed by atoms with Crippen molar-refractivity contribution >= 4 is 17.9 Å². The molecule has 0 aromatic carbocycles. The second-order valence-electron chi connectivity index (χ2n) is 26.9. The number of aliphatic carboxylic acids is 1. The van der Waals surface area contributed by atoms with E-state index in [9.17, 15) is 19.5 Å². The van der Waals surface area contributed by atoms with E-state index in [-0.39, 0.29) is 38.6 Å². The van der Waals surface area contributed by atoms with Gasteiger partial charge in [-0.05, 0) is 141 Å². The molecular formula is C90H145NO8. The minimum atomic E-state index is -1.65. The third kappa shape index (κ3) is 79.3. The minimum Gasteiger partial charge on any atom is -0.545 e. The Bertz CT molecular complexity index is 2340. The van der Waals surface area contributed by atoms with E-state index in [1.807, 2.05) is 21.1 Å². The lowest BCUT2D eigenvalue weighted by molar-refractivity contribution is -0.870. The largest absolute Gasteiger partial charge is 0.545 e. The number of unbranched alkanes of at least 4 members (excludes halogenated alkanes) is 24. The maximum absolute atomic E-state index is 12.9. The van der Waals surface area contributed by atoms with Gasteiger partial charge in [-0.1, -0.05) is 337 Å². The van der Waals surface area contributed by atoms with Crippen molar-refractivity contribution in [3.8, 4) is 0 Å². The summed E-state index contributed by atoms with van der Waals surface area (Å²) in [5, 5.41) is 11.9. The normalized spacial score (nSPS) is 13.7. The second-order valence-corrected chi connectivity index (χ2v) is 26.9. The molecule has 0 saturated heterocycles. The van der Waals surface area contributed by atoms with Gasteiger partial charge in [-0.2, -0.15) is 0 Å². The number of ether oxygens (including phenoxy) is 4. The van der Waals surface area contributed by atoms with Crippen LogP contribution in [-0.4, -0.2) is 82.3 Å². The molecule has 0 aliphatic heterocycles. The molecule has 0 bridgehead atoms. The first-order valence-corrected chi connectivity index (χ1v) is 39.6. The summed E-state index contributed by atoms with van der Waals surface area (Å²) in [6.45, 7) is 4.47. The average molecular weight is 1370 g/mol. The van der Waals surface area contributed by atoms with E-state index in [4.69, 9.17) is 18.9 Å². The van der Waals surface area contributed by atoms with Crippen molar-refractivity contribution in [2.24, 2.45) is 0 Å². The fourth-order valence-corrected chi connectivity index (χ4v) is 10.4. The summed E-state index contributed by atoms with van der Waals surface area (Å²) < 4.78 is 22.8. The quantitative estimate of drug-likeness (QED) is 0.0195. The summed E-state index contributed by atoms with van der Waals surface area (Å²) >= 11 is 0. The number of esters is 2. The summed E-state index contributed by atoms with van der Waals surface area (Å²) in [5.74, 6) is -2.35. The third-order valence-electron chi connectivity index (χ3n) is 16.3. The number of nitrogens with zero attached hydrogens (tertiary/aromatic N) is 1. The van der Waals surface area contributed by atoms with Gasteiger partial charge in [-0.3, -0.25) is 9.59 Å². The zero-order chi connectivity index (χ0) is 71.8. The van der Waals surface area contributed by atoms with E-state index in [0.717, 1.165) is 135 Å². The van der Waals surface area contributed by atoms with Crippen LogP contribution in [0.2, 0.25) is 0 Å².